The number of para-hydroxylation sites is 1. The van der Waals surface area contributed by atoms with Crippen LogP contribution < -0.4 is 20.1 Å². The molecule has 1 heterocycles. The van der Waals surface area contributed by atoms with Gasteiger partial charge in [-0.2, -0.15) is 0 Å². The van der Waals surface area contributed by atoms with Crippen LogP contribution in [0.2, 0.25) is 0 Å². The van der Waals surface area contributed by atoms with Gasteiger partial charge in [0.25, 0.3) is 0 Å². The van der Waals surface area contributed by atoms with Gasteiger partial charge in [0.15, 0.2) is 0 Å². The maximum absolute atomic E-state index is 13.1. The fourth-order valence-corrected chi connectivity index (χ4v) is 4.65. The average molecular weight is 416 g/mol. The summed E-state index contributed by atoms with van der Waals surface area (Å²) in [6.45, 7) is 3.00. The minimum Gasteiger partial charge on any atom is -0.497 e. The first-order valence-corrected chi connectivity index (χ1v) is 10.7. The van der Waals surface area contributed by atoms with Crippen molar-refractivity contribution in [2.24, 2.45) is 5.73 Å². The molecule has 29 heavy (non-hydrogen) atoms. The number of carbonyl (C=O) groups is 1. The van der Waals surface area contributed by atoms with Crippen LogP contribution in [0.5, 0.6) is 11.5 Å². The Morgan fingerprint density at radius 1 is 1.21 bits per heavy atom. The molecule has 0 saturated carbocycles. The molecule has 0 unspecified atom stereocenters. The lowest BCUT2D eigenvalue weighted by molar-refractivity contribution is -0.118. The molecule has 0 fully saturated rings. The summed E-state index contributed by atoms with van der Waals surface area (Å²) in [5.41, 5.74) is 7.37. The molecule has 3 rings (SSSR count). The number of nitrogens with two attached hydrogens (primary N) is 1. The van der Waals surface area contributed by atoms with Crippen LogP contribution in [0.1, 0.15) is 17.2 Å². The van der Waals surface area contributed by atoms with Gasteiger partial charge in [-0.3, -0.25) is 4.79 Å². The van der Waals surface area contributed by atoms with E-state index in [9.17, 15) is 4.79 Å². The summed E-state index contributed by atoms with van der Waals surface area (Å²) in [5.74, 6) is 1.48. The number of rotatable bonds is 9. The first kappa shape index (κ1) is 21.5. The van der Waals surface area contributed by atoms with Crippen LogP contribution in [0.25, 0.3) is 0 Å². The van der Waals surface area contributed by atoms with Gasteiger partial charge in [0.2, 0.25) is 5.91 Å². The molecule has 1 aliphatic heterocycles. The smallest absolute Gasteiger partial charge is 0.244 e. The minimum atomic E-state index is -0.375. The van der Waals surface area contributed by atoms with E-state index in [1.807, 2.05) is 49.5 Å². The molecule has 0 aromatic heterocycles. The Labute approximate surface area is 177 Å². The van der Waals surface area contributed by atoms with Gasteiger partial charge in [-0.1, -0.05) is 12.1 Å². The molecule has 0 saturated heterocycles. The lowest BCUT2D eigenvalue weighted by atomic mass is 10.1. The molecular formula is C22H29N3O3S. The van der Waals surface area contributed by atoms with E-state index >= 15 is 0 Å². The highest BCUT2D eigenvalue weighted by Crippen LogP contribution is 2.48. The normalized spacial score (nSPS) is 16.1. The summed E-state index contributed by atoms with van der Waals surface area (Å²) >= 11 is 1.56. The molecule has 1 atom stereocenters. The van der Waals surface area contributed by atoms with E-state index in [2.05, 4.69) is 11.9 Å². The van der Waals surface area contributed by atoms with Gasteiger partial charge in [-0.15, -0.1) is 11.8 Å². The number of ether oxygens (including phenoxy) is 2. The Balaban J connectivity index is 1.80. The molecular weight excluding hydrogens is 386 g/mol. The van der Waals surface area contributed by atoms with Gasteiger partial charge in [0.1, 0.15) is 16.7 Å². The number of hydrogen-bond acceptors (Lipinski definition) is 6. The maximum atomic E-state index is 13.1. The van der Waals surface area contributed by atoms with Crippen LogP contribution in [0, 0.1) is 0 Å². The summed E-state index contributed by atoms with van der Waals surface area (Å²) in [4.78, 5) is 18.1. The number of fused-ring (bicyclic) bond motifs is 1. The van der Waals surface area contributed by atoms with E-state index in [1.54, 1.807) is 23.8 Å². The van der Waals surface area contributed by atoms with Crippen molar-refractivity contribution in [3.05, 3.63) is 48.0 Å². The Morgan fingerprint density at radius 3 is 2.76 bits per heavy atom. The van der Waals surface area contributed by atoms with Crippen molar-refractivity contribution >= 4 is 23.4 Å². The van der Waals surface area contributed by atoms with Crippen molar-refractivity contribution in [2.45, 2.75) is 16.6 Å². The maximum Gasteiger partial charge on any atom is 0.244 e. The standard InChI is InChI=1S/C22H29N3O3S/c1-24(13-11-23)12-6-14-28-19-10-9-16(27-3)15-17(19)21-22(26)25(2)18-7-4-5-8-20(18)29-21/h4-5,7-10,15,21H,6,11-14,23H2,1-3H3/t21-/m1/s1. The third-order valence-electron chi connectivity index (χ3n) is 4.98. The molecule has 0 bridgehead atoms. The molecule has 6 nitrogen and oxygen atoms in total. The number of likely N-dealkylation sites (N-methyl/N-ethyl adjacent to an activating group) is 2. The number of benzene rings is 2. The van der Waals surface area contributed by atoms with Crippen LogP contribution in [0.3, 0.4) is 0 Å². The van der Waals surface area contributed by atoms with Crippen LogP contribution >= 0.6 is 11.8 Å². The van der Waals surface area contributed by atoms with E-state index in [0.29, 0.717) is 18.9 Å². The zero-order valence-corrected chi connectivity index (χ0v) is 18.1. The number of hydrogen-bond donors (Lipinski definition) is 1. The number of nitrogens with zero attached hydrogens (tertiary/aromatic N) is 2. The zero-order valence-electron chi connectivity index (χ0n) is 17.3. The Bertz CT molecular complexity index is 846. The minimum absolute atomic E-state index is 0.0366. The van der Waals surface area contributed by atoms with Gasteiger partial charge in [-0.25, -0.2) is 0 Å². The molecule has 1 aliphatic rings. The van der Waals surface area contributed by atoms with Gasteiger partial charge >= 0.3 is 0 Å². The van der Waals surface area contributed by atoms with Crippen LogP contribution in [-0.4, -0.2) is 58.3 Å². The predicted octanol–water partition coefficient (Wildman–Crippen LogP) is 3.16. The Hall–Kier alpha value is -2.22. The average Bonchev–Trinajstić information content (AvgIpc) is 2.74. The molecule has 2 aromatic carbocycles. The second-order valence-electron chi connectivity index (χ2n) is 7.06. The second kappa shape index (κ2) is 10.0. The summed E-state index contributed by atoms with van der Waals surface area (Å²) in [6, 6.07) is 13.6. The van der Waals surface area contributed by atoms with Crippen molar-refractivity contribution < 1.29 is 14.3 Å². The number of carbonyl (C=O) groups excluding carboxylic acids is 1. The van der Waals surface area contributed by atoms with Gasteiger partial charge < -0.3 is 25.0 Å². The van der Waals surface area contributed by atoms with Crippen molar-refractivity contribution in [1.29, 1.82) is 0 Å². The van der Waals surface area contributed by atoms with Gasteiger partial charge in [-0.05, 0) is 43.8 Å². The largest absolute Gasteiger partial charge is 0.497 e. The predicted molar refractivity (Wildman–Crippen MR) is 118 cm³/mol. The molecule has 156 valence electrons. The lowest BCUT2D eigenvalue weighted by Gasteiger charge is -2.32. The quantitative estimate of drug-likeness (QED) is 0.635. The van der Waals surface area contributed by atoms with Crippen LogP contribution in [-0.2, 0) is 4.79 Å². The number of anilines is 1. The van der Waals surface area contributed by atoms with Gasteiger partial charge in [0, 0.05) is 37.1 Å². The SMILES string of the molecule is COc1ccc(OCCCN(C)CCN)c([C@H]2Sc3ccccc3N(C)C2=O)c1. The monoisotopic (exact) mass is 415 g/mol. The van der Waals surface area contributed by atoms with E-state index < -0.39 is 0 Å². The van der Waals surface area contributed by atoms with Crippen LogP contribution in [0.15, 0.2) is 47.4 Å². The van der Waals surface area contributed by atoms with E-state index in [0.717, 1.165) is 41.4 Å². The number of amides is 1. The van der Waals surface area contributed by atoms with E-state index in [-0.39, 0.29) is 11.2 Å². The first-order valence-electron chi connectivity index (χ1n) is 9.77. The molecule has 0 aliphatic carbocycles. The van der Waals surface area contributed by atoms with E-state index in [1.165, 1.54) is 0 Å². The molecule has 2 N–H and O–H groups in total. The van der Waals surface area contributed by atoms with Gasteiger partial charge in [0.05, 0.1) is 19.4 Å². The molecule has 1 amide bonds. The lowest BCUT2D eigenvalue weighted by Crippen LogP contribution is -2.33. The highest BCUT2D eigenvalue weighted by Gasteiger charge is 2.34. The van der Waals surface area contributed by atoms with Crippen molar-refractivity contribution in [3.63, 3.8) is 0 Å². The van der Waals surface area contributed by atoms with Crippen LogP contribution in [0.4, 0.5) is 5.69 Å². The van der Waals surface area contributed by atoms with E-state index in [4.69, 9.17) is 15.2 Å². The first-order chi connectivity index (χ1) is 14.0. The van der Waals surface area contributed by atoms with Crippen molar-refractivity contribution in [2.75, 3.05) is 52.3 Å². The molecule has 0 radical (unpaired) electrons. The fraction of sp³-hybridized carbons (Fsp3) is 0.409. The molecule has 2 aromatic rings. The topological polar surface area (TPSA) is 68.0 Å². The fourth-order valence-electron chi connectivity index (χ4n) is 3.34. The Morgan fingerprint density at radius 2 is 2.00 bits per heavy atom. The number of methoxy groups -OCH3 is 1. The molecule has 0 spiro atoms. The van der Waals surface area contributed by atoms with Crippen molar-refractivity contribution in [1.82, 2.24) is 4.90 Å². The second-order valence-corrected chi connectivity index (χ2v) is 8.21. The summed E-state index contributed by atoms with van der Waals surface area (Å²) in [7, 11) is 5.50. The zero-order chi connectivity index (χ0) is 20.8. The summed E-state index contributed by atoms with van der Waals surface area (Å²) < 4.78 is 11.5. The summed E-state index contributed by atoms with van der Waals surface area (Å²) in [6.07, 6.45) is 0.885. The Kier molecular flexibility index (Phi) is 7.41. The third-order valence-corrected chi connectivity index (χ3v) is 6.27. The number of thioether (sulfide) groups is 1. The summed E-state index contributed by atoms with van der Waals surface area (Å²) in [5, 5.41) is -0.375. The highest BCUT2D eigenvalue weighted by atomic mass is 32.2. The third kappa shape index (κ3) is 5.04. The molecule has 7 heteroatoms. The van der Waals surface area contributed by atoms with Crippen molar-refractivity contribution in [3.8, 4) is 11.5 Å². The highest BCUT2D eigenvalue weighted by molar-refractivity contribution is 8.00.